The standard InChI is InChI=1S/C17H27NO/c1-12(2)14-6-5-13(3)17(11-14)18(4)15-7-9-16(19)10-8-15/h5-6,11-12,15-16,19H,7-10H2,1-4H3. The lowest BCUT2D eigenvalue weighted by Crippen LogP contribution is -2.36. The second-order valence-corrected chi connectivity index (χ2v) is 6.27. The number of aliphatic hydroxyl groups is 1. The van der Waals surface area contributed by atoms with Crippen molar-refractivity contribution in [1.29, 1.82) is 0 Å². The fourth-order valence-electron chi connectivity index (χ4n) is 3.01. The molecule has 0 atom stereocenters. The summed E-state index contributed by atoms with van der Waals surface area (Å²) in [6.07, 6.45) is 4.01. The molecule has 0 spiro atoms. The first-order valence-corrected chi connectivity index (χ1v) is 7.50. The lowest BCUT2D eigenvalue weighted by atomic mass is 9.91. The Bertz CT molecular complexity index is 419. The second kappa shape index (κ2) is 5.96. The molecule has 1 saturated carbocycles. The van der Waals surface area contributed by atoms with Crippen molar-refractivity contribution in [2.45, 2.75) is 64.5 Å². The maximum atomic E-state index is 9.63. The zero-order chi connectivity index (χ0) is 14.0. The van der Waals surface area contributed by atoms with Gasteiger partial charge in [0, 0.05) is 18.8 Å². The van der Waals surface area contributed by atoms with Crippen molar-refractivity contribution >= 4 is 5.69 Å². The van der Waals surface area contributed by atoms with Crippen molar-refractivity contribution in [2.24, 2.45) is 0 Å². The number of aryl methyl sites for hydroxylation is 1. The van der Waals surface area contributed by atoms with Crippen LogP contribution in [0.2, 0.25) is 0 Å². The Hall–Kier alpha value is -1.02. The van der Waals surface area contributed by atoms with Crippen LogP contribution in [0.1, 0.15) is 56.6 Å². The van der Waals surface area contributed by atoms with Gasteiger partial charge < -0.3 is 10.0 Å². The summed E-state index contributed by atoms with van der Waals surface area (Å²) < 4.78 is 0. The Balaban J connectivity index is 2.18. The molecule has 0 radical (unpaired) electrons. The van der Waals surface area contributed by atoms with E-state index in [9.17, 15) is 5.11 Å². The van der Waals surface area contributed by atoms with Gasteiger partial charge in [-0.3, -0.25) is 0 Å². The van der Waals surface area contributed by atoms with E-state index in [-0.39, 0.29) is 6.10 Å². The van der Waals surface area contributed by atoms with Gasteiger partial charge in [-0.05, 0) is 55.7 Å². The zero-order valence-corrected chi connectivity index (χ0v) is 12.7. The highest BCUT2D eigenvalue weighted by Crippen LogP contribution is 2.30. The number of rotatable bonds is 3. The van der Waals surface area contributed by atoms with Crippen molar-refractivity contribution in [2.75, 3.05) is 11.9 Å². The van der Waals surface area contributed by atoms with Gasteiger partial charge in [0.1, 0.15) is 0 Å². The fourth-order valence-corrected chi connectivity index (χ4v) is 3.01. The molecule has 1 N–H and O–H groups in total. The quantitative estimate of drug-likeness (QED) is 0.893. The molecule has 106 valence electrons. The van der Waals surface area contributed by atoms with Crippen molar-refractivity contribution in [3.63, 3.8) is 0 Å². The maximum absolute atomic E-state index is 9.63. The third-order valence-corrected chi connectivity index (χ3v) is 4.49. The summed E-state index contributed by atoms with van der Waals surface area (Å²) in [7, 11) is 2.20. The number of nitrogens with zero attached hydrogens (tertiary/aromatic N) is 1. The Kier molecular flexibility index (Phi) is 4.51. The van der Waals surface area contributed by atoms with E-state index in [1.807, 2.05) is 0 Å². The van der Waals surface area contributed by atoms with E-state index >= 15 is 0 Å². The first-order chi connectivity index (χ1) is 8.99. The van der Waals surface area contributed by atoms with Gasteiger partial charge in [0.15, 0.2) is 0 Å². The Morgan fingerprint density at radius 1 is 1.16 bits per heavy atom. The van der Waals surface area contributed by atoms with E-state index in [1.54, 1.807) is 0 Å². The average molecular weight is 261 g/mol. The van der Waals surface area contributed by atoms with Crippen LogP contribution in [0.15, 0.2) is 18.2 Å². The van der Waals surface area contributed by atoms with E-state index in [0.29, 0.717) is 12.0 Å². The summed E-state index contributed by atoms with van der Waals surface area (Å²) in [6.45, 7) is 6.67. The molecule has 2 heteroatoms. The molecule has 1 aliphatic carbocycles. The summed E-state index contributed by atoms with van der Waals surface area (Å²) in [5, 5.41) is 9.63. The van der Waals surface area contributed by atoms with Crippen LogP contribution in [0.3, 0.4) is 0 Å². The SMILES string of the molecule is Cc1ccc(C(C)C)cc1N(C)C1CCC(O)CC1. The van der Waals surface area contributed by atoms with Gasteiger partial charge in [-0.2, -0.15) is 0 Å². The third-order valence-electron chi connectivity index (χ3n) is 4.49. The molecule has 1 aliphatic rings. The van der Waals surface area contributed by atoms with Crippen LogP contribution in [-0.2, 0) is 0 Å². The van der Waals surface area contributed by atoms with Gasteiger partial charge >= 0.3 is 0 Å². The average Bonchev–Trinajstić information content (AvgIpc) is 2.39. The van der Waals surface area contributed by atoms with Gasteiger partial charge in [0.25, 0.3) is 0 Å². The van der Waals surface area contributed by atoms with Gasteiger partial charge in [0.05, 0.1) is 6.10 Å². The molecule has 2 rings (SSSR count). The summed E-state index contributed by atoms with van der Waals surface area (Å²) in [4.78, 5) is 2.42. The third kappa shape index (κ3) is 3.30. The van der Waals surface area contributed by atoms with Crippen LogP contribution >= 0.6 is 0 Å². The Morgan fingerprint density at radius 3 is 2.37 bits per heavy atom. The first kappa shape index (κ1) is 14.4. The summed E-state index contributed by atoms with van der Waals surface area (Å²) in [5.41, 5.74) is 4.11. The molecule has 0 saturated heterocycles. The van der Waals surface area contributed by atoms with Crippen LogP contribution in [-0.4, -0.2) is 24.3 Å². The highest BCUT2D eigenvalue weighted by molar-refractivity contribution is 5.55. The highest BCUT2D eigenvalue weighted by atomic mass is 16.3. The second-order valence-electron chi connectivity index (χ2n) is 6.27. The minimum atomic E-state index is -0.0762. The topological polar surface area (TPSA) is 23.5 Å². The molecule has 19 heavy (non-hydrogen) atoms. The van der Waals surface area contributed by atoms with Crippen molar-refractivity contribution in [3.8, 4) is 0 Å². The molecule has 2 nitrogen and oxygen atoms in total. The number of hydrogen-bond donors (Lipinski definition) is 1. The van der Waals surface area contributed by atoms with Gasteiger partial charge in [-0.1, -0.05) is 26.0 Å². The number of hydrogen-bond acceptors (Lipinski definition) is 2. The molecule has 0 amide bonds. The molecule has 1 fully saturated rings. The van der Waals surface area contributed by atoms with Crippen LogP contribution in [0.4, 0.5) is 5.69 Å². The number of anilines is 1. The van der Waals surface area contributed by atoms with Crippen molar-refractivity contribution < 1.29 is 5.11 Å². The molecule has 0 aromatic heterocycles. The number of aliphatic hydroxyl groups excluding tert-OH is 1. The van der Waals surface area contributed by atoms with Crippen molar-refractivity contribution in [3.05, 3.63) is 29.3 Å². The predicted molar refractivity (Wildman–Crippen MR) is 81.9 cm³/mol. The molecule has 0 unspecified atom stereocenters. The minimum Gasteiger partial charge on any atom is -0.393 e. The summed E-state index contributed by atoms with van der Waals surface area (Å²) in [5.74, 6) is 0.570. The van der Waals surface area contributed by atoms with Crippen LogP contribution in [0.25, 0.3) is 0 Å². The van der Waals surface area contributed by atoms with Crippen LogP contribution in [0, 0.1) is 6.92 Å². The first-order valence-electron chi connectivity index (χ1n) is 7.50. The minimum absolute atomic E-state index is 0.0762. The van der Waals surface area contributed by atoms with Gasteiger partial charge in [0.2, 0.25) is 0 Å². The number of benzene rings is 1. The predicted octanol–water partition coefficient (Wildman–Crippen LogP) is 3.86. The lowest BCUT2D eigenvalue weighted by molar-refractivity contribution is 0.122. The Labute approximate surface area is 117 Å². The molecule has 0 aliphatic heterocycles. The molecular formula is C17H27NO. The largest absolute Gasteiger partial charge is 0.393 e. The van der Waals surface area contributed by atoms with Crippen LogP contribution < -0.4 is 4.90 Å². The van der Waals surface area contributed by atoms with E-state index in [4.69, 9.17) is 0 Å². The van der Waals surface area contributed by atoms with E-state index in [0.717, 1.165) is 25.7 Å². The molecule has 0 bridgehead atoms. The molecule has 0 heterocycles. The molecular weight excluding hydrogens is 234 g/mol. The van der Waals surface area contributed by atoms with E-state index < -0.39 is 0 Å². The molecule has 1 aromatic rings. The normalized spacial score (nSPS) is 23.7. The summed E-state index contributed by atoms with van der Waals surface area (Å²) in [6, 6.07) is 7.38. The fraction of sp³-hybridized carbons (Fsp3) is 0.647. The van der Waals surface area contributed by atoms with Gasteiger partial charge in [-0.25, -0.2) is 0 Å². The molecule has 1 aromatic carbocycles. The smallest absolute Gasteiger partial charge is 0.0541 e. The monoisotopic (exact) mass is 261 g/mol. The highest BCUT2D eigenvalue weighted by Gasteiger charge is 2.23. The van der Waals surface area contributed by atoms with Crippen molar-refractivity contribution in [1.82, 2.24) is 0 Å². The van der Waals surface area contributed by atoms with Crippen LogP contribution in [0.5, 0.6) is 0 Å². The van der Waals surface area contributed by atoms with E-state index in [1.165, 1.54) is 16.8 Å². The van der Waals surface area contributed by atoms with E-state index in [2.05, 4.69) is 50.9 Å². The summed E-state index contributed by atoms with van der Waals surface area (Å²) >= 11 is 0. The lowest BCUT2D eigenvalue weighted by Gasteiger charge is -2.35. The zero-order valence-electron chi connectivity index (χ0n) is 12.7. The van der Waals surface area contributed by atoms with Gasteiger partial charge in [-0.15, -0.1) is 0 Å². The Morgan fingerprint density at radius 2 is 1.79 bits per heavy atom. The maximum Gasteiger partial charge on any atom is 0.0541 e.